The number of benzene rings is 1. The second-order valence-corrected chi connectivity index (χ2v) is 5.16. The lowest BCUT2D eigenvalue weighted by Crippen LogP contribution is -2.06. The Morgan fingerprint density at radius 2 is 1.86 bits per heavy atom. The second-order valence-electron chi connectivity index (χ2n) is 4.34. The Morgan fingerprint density at radius 1 is 1.14 bits per heavy atom. The molecule has 1 heterocycles. The average Bonchev–Trinajstić information content (AvgIpc) is 2.45. The van der Waals surface area contributed by atoms with Crippen molar-refractivity contribution in [3.05, 3.63) is 34.1 Å². The monoisotopic (exact) mass is 326 g/mol. The summed E-state index contributed by atoms with van der Waals surface area (Å²) in [5.41, 5.74) is 1.57. The molecule has 2 N–H and O–H groups in total. The van der Waals surface area contributed by atoms with Gasteiger partial charge in [-0.05, 0) is 31.5 Å². The standard InChI is InChI=1S/C14H16Cl2N4O/c1-4-17-13-12(21-3)14(19-7-18-13)20-11-6-9(15)8(2)5-10(11)16/h5-7H,4H2,1-3H3,(H2,17,18,19,20). The van der Waals surface area contributed by atoms with Gasteiger partial charge < -0.3 is 15.4 Å². The van der Waals surface area contributed by atoms with Crippen molar-refractivity contribution in [2.24, 2.45) is 0 Å². The number of ether oxygens (including phenoxy) is 1. The minimum Gasteiger partial charge on any atom is -0.490 e. The third-order valence-electron chi connectivity index (χ3n) is 2.85. The highest BCUT2D eigenvalue weighted by atomic mass is 35.5. The van der Waals surface area contributed by atoms with Crippen molar-refractivity contribution in [2.75, 3.05) is 24.3 Å². The Balaban J connectivity index is 2.40. The van der Waals surface area contributed by atoms with Gasteiger partial charge >= 0.3 is 0 Å². The van der Waals surface area contributed by atoms with Crippen molar-refractivity contribution in [3.8, 4) is 5.75 Å². The number of aryl methyl sites for hydroxylation is 1. The first-order chi connectivity index (χ1) is 10.1. The van der Waals surface area contributed by atoms with E-state index in [0.29, 0.717) is 33.1 Å². The van der Waals surface area contributed by atoms with E-state index in [0.717, 1.165) is 12.1 Å². The second kappa shape index (κ2) is 6.83. The number of anilines is 3. The van der Waals surface area contributed by atoms with Crippen LogP contribution < -0.4 is 15.4 Å². The van der Waals surface area contributed by atoms with Crippen LogP contribution in [0.5, 0.6) is 5.75 Å². The summed E-state index contributed by atoms with van der Waals surface area (Å²) >= 11 is 12.4. The number of aromatic nitrogens is 2. The Morgan fingerprint density at radius 3 is 2.52 bits per heavy atom. The molecule has 0 saturated heterocycles. The molecule has 0 aliphatic rings. The molecule has 1 aromatic carbocycles. The van der Waals surface area contributed by atoms with E-state index in [1.165, 1.54) is 6.33 Å². The minimum atomic E-state index is 0.519. The topological polar surface area (TPSA) is 59.1 Å². The highest BCUT2D eigenvalue weighted by molar-refractivity contribution is 6.35. The number of nitrogens with one attached hydrogen (secondary N) is 2. The molecule has 5 nitrogen and oxygen atoms in total. The van der Waals surface area contributed by atoms with Crippen LogP contribution in [0.4, 0.5) is 17.3 Å². The summed E-state index contributed by atoms with van der Waals surface area (Å²) in [4.78, 5) is 8.34. The maximum atomic E-state index is 6.23. The number of hydrogen-bond donors (Lipinski definition) is 2. The summed E-state index contributed by atoms with van der Waals surface area (Å²) in [7, 11) is 1.56. The first kappa shape index (κ1) is 15.7. The van der Waals surface area contributed by atoms with Gasteiger partial charge in [-0.15, -0.1) is 0 Å². The van der Waals surface area contributed by atoms with Crippen molar-refractivity contribution in [1.82, 2.24) is 9.97 Å². The maximum Gasteiger partial charge on any atom is 0.204 e. The van der Waals surface area contributed by atoms with Crippen LogP contribution in [-0.2, 0) is 0 Å². The summed E-state index contributed by atoms with van der Waals surface area (Å²) < 4.78 is 5.37. The fourth-order valence-corrected chi connectivity index (χ4v) is 2.25. The normalized spacial score (nSPS) is 10.3. The van der Waals surface area contributed by atoms with E-state index >= 15 is 0 Å². The van der Waals surface area contributed by atoms with Crippen molar-refractivity contribution in [1.29, 1.82) is 0 Å². The summed E-state index contributed by atoms with van der Waals surface area (Å²) in [5, 5.41) is 7.42. The van der Waals surface area contributed by atoms with Gasteiger partial charge in [0, 0.05) is 11.6 Å². The van der Waals surface area contributed by atoms with Gasteiger partial charge in [0.05, 0.1) is 17.8 Å². The van der Waals surface area contributed by atoms with E-state index in [4.69, 9.17) is 27.9 Å². The molecule has 0 aliphatic carbocycles. The molecule has 0 radical (unpaired) electrons. The molecule has 112 valence electrons. The Labute approximate surface area is 133 Å². The molecular formula is C14H16Cl2N4O. The van der Waals surface area contributed by atoms with E-state index in [-0.39, 0.29) is 0 Å². The lowest BCUT2D eigenvalue weighted by molar-refractivity contribution is 0.415. The summed E-state index contributed by atoms with van der Waals surface area (Å²) in [6.45, 7) is 4.60. The molecule has 21 heavy (non-hydrogen) atoms. The third-order valence-corrected chi connectivity index (χ3v) is 3.57. The van der Waals surface area contributed by atoms with Crippen molar-refractivity contribution in [3.63, 3.8) is 0 Å². The van der Waals surface area contributed by atoms with Gasteiger partial charge in [-0.2, -0.15) is 0 Å². The van der Waals surface area contributed by atoms with Crippen LogP contribution in [0, 0.1) is 6.92 Å². The highest BCUT2D eigenvalue weighted by Gasteiger charge is 2.13. The number of nitrogens with zero attached hydrogens (tertiary/aromatic N) is 2. The van der Waals surface area contributed by atoms with E-state index in [2.05, 4.69) is 20.6 Å². The van der Waals surface area contributed by atoms with Crippen LogP contribution in [0.3, 0.4) is 0 Å². The van der Waals surface area contributed by atoms with Crippen LogP contribution in [0.1, 0.15) is 12.5 Å². The van der Waals surface area contributed by atoms with Gasteiger partial charge in [-0.3, -0.25) is 0 Å². The Kier molecular flexibility index (Phi) is 5.09. The highest BCUT2D eigenvalue weighted by Crippen LogP contribution is 2.35. The van der Waals surface area contributed by atoms with Gasteiger partial charge in [0.25, 0.3) is 0 Å². The summed E-state index contributed by atoms with van der Waals surface area (Å²) in [6, 6.07) is 3.55. The molecule has 0 saturated carbocycles. The zero-order valence-electron chi connectivity index (χ0n) is 12.0. The van der Waals surface area contributed by atoms with Gasteiger partial charge in [0.2, 0.25) is 5.75 Å². The van der Waals surface area contributed by atoms with Crippen molar-refractivity contribution >= 4 is 40.5 Å². The predicted octanol–water partition coefficient (Wildman–Crippen LogP) is 4.28. The molecule has 0 amide bonds. The minimum absolute atomic E-state index is 0.519. The van der Waals surface area contributed by atoms with Crippen LogP contribution in [0.2, 0.25) is 10.0 Å². The zero-order valence-corrected chi connectivity index (χ0v) is 13.5. The first-order valence-electron chi connectivity index (χ1n) is 6.42. The molecular weight excluding hydrogens is 311 g/mol. The molecule has 0 aliphatic heterocycles. The van der Waals surface area contributed by atoms with Crippen LogP contribution >= 0.6 is 23.2 Å². The zero-order chi connectivity index (χ0) is 15.4. The average molecular weight is 327 g/mol. The predicted molar refractivity (Wildman–Crippen MR) is 87.2 cm³/mol. The fourth-order valence-electron chi connectivity index (χ4n) is 1.82. The largest absolute Gasteiger partial charge is 0.490 e. The van der Waals surface area contributed by atoms with Gasteiger partial charge in [-0.25, -0.2) is 9.97 Å². The molecule has 0 unspecified atom stereocenters. The van der Waals surface area contributed by atoms with Gasteiger partial charge in [-0.1, -0.05) is 23.2 Å². The van der Waals surface area contributed by atoms with Crippen LogP contribution in [0.25, 0.3) is 0 Å². The van der Waals surface area contributed by atoms with E-state index in [1.54, 1.807) is 19.2 Å². The molecule has 1 aromatic heterocycles. The Bertz CT molecular complexity index is 649. The maximum absolute atomic E-state index is 6.23. The van der Waals surface area contributed by atoms with Crippen molar-refractivity contribution in [2.45, 2.75) is 13.8 Å². The van der Waals surface area contributed by atoms with Crippen LogP contribution in [0.15, 0.2) is 18.5 Å². The number of methoxy groups -OCH3 is 1. The smallest absolute Gasteiger partial charge is 0.204 e. The molecule has 0 atom stereocenters. The number of halogens is 2. The van der Waals surface area contributed by atoms with E-state index in [1.807, 2.05) is 13.8 Å². The summed E-state index contributed by atoms with van der Waals surface area (Å²) in [5.74, 6) is 1.66. The van der Waals surface area contributed by atoms with E-state index < -0.39 is 0 Å². The summed E-state index contributed by atoms with van der Waals surface area (Å²) in [6.07, 6.45) is 1.45. The Hall–Kier alpha value is -1.72. The number of hydrogen-bond acceptors (Lipinski definition) is 5. The quantitative estimate of drug-likeness (QED) is 0.858. The van der Waals surface area contributed by atoms with Crippen molar-refractivity contribution < 1.29 is 4.74 Å². The third kappa shape index (κ3) is 3.49. The molecule has 0 spiro atoms. The molecule has 2 rings (SSSR count). The molecule has 2 aromatic rings. The fraction of sp³-hybridized carbons (Fsp3) is 0.286. The van der Waals surface area contributed by atoms with E-state index in [9.17, 15) is 0 Å². The van der Waals surface area contributed by atoms with Crippen LogP contribution in [-0.4, -0.2) is 23.6 Å². The lowest BCUT2D eigenvalue weighted by Gasteiger charge is -2.15. The van der Waals surface area contributed by atoms with Gasteiger partial charge in [0.15, 0.2) is 11.6 Å². The lowest BCUT2D eigenvalue weighted by atomic mass is 10.2. The molecule has 7 heteroatoms. The number of rotatable bonds is 5. The first-order valence-corrected chi connectivity index (χ1v) is 7.18. The SMILES string of the molecule is CCNc1ncnc(Nc2cc(Cl)c(C)cc2Cl)c1OC. The van der Waals surface area contributed by atoms with Gasteiger partial charge in [0.1, 0.15) is 6.33 Å². The molecule has 0 fully saturated rings. The molecule has 0 bridgehead atoms.